The highest BCUT2D eigenvalue weighted by atomic mass is 19.1. The van der Waals surface area contributed by atoms with Crippen LogP contribution in [0.25, 0.3) is 0 Å². The number of hydrogen-bond acceptors (Lipinski definition) is 7. The Bertz CT molecular complexity index is 1030. The monoisotopic (exact) mass is 431 g/mol. The molecule has 1 aromatic carbocycles. The molecule has 2 heterocycles. The molecule has 4 rings (SSSR count). The number of benzene rings is 1. The van der Waals surface area contributed by atoms with Gasteiger partial charge in [0.25, 0.3) is 5.91 Å². The fourth-order valence-corrected chi connectivity index (χ4v) is 4.27. The van der Waals surface area contributed by atoms with Crippen LogP contribution in [0.5, 0.6) is 0 Å². The molecule has 1 spiro atoms. The molecule has 1 saturated heterocycles. The van der Waals surface area contributed by atoms with Crippen molar-refractivity contribution < 1.29 is 23.8 Å². The zero-order chi connectivity index (χ0) is 22.3. The van der Waals surface area contributed by atoms with Gasteiger partial charge in [0, 0.05) is 49.7 Å². The van der Waals surface area contributed by atoms with E-state index < -0.39 is 23.5 Å². The van der Waals surface area contributed by atoms with Crippen LogP contribution in [0.15, 0.2) is 58.4 Å². The van der Waals surface area contributed by atoms with Gasteiger partial charge in [0.15, 0.2) is 5.76 Å². The van der Waals surface area contributed by atoms with Gasteiger partial charge >= 0.3 is 0 Å². The van der Waals surface area contributed by atoms with Crippen molar-refractivity contribution in [2.24, 2.45) is 5.11 Å². The SMILES string of the molecule is CN1C(=O)C2=C(O)C(O)C(/C(=C/NCc3ccc(F)cc3F)N=N)=CN2CC12CCC2. The van der Waals surface area contributed by atoms with E-state index in [1.807, 2.05) is 0 Å². The van der Waals surface area contributed by atoms with Crippen molar-refractivity contribution >= 4 is 5.91 Å². The molecule has 2 fully saturated rings. The average molecular weight is 431 g/mol. The van der Waals surface area contributed by atoms with Gasteiger partial charge in [0.2, 0.25) is 0 Å². The maximum atomic E-state index is 13.8. The van der Waals surface area contributed by atoms with E-state index in [1.165, 1.54) is 18.5 Å². The summed E-state index contributed by atoms with van der Waals surface area (Å²) in [5.41, 5.74) is 7.54. The second-order valence-electron chi connectivity index (χ2n) is 8.05. The van der Waals surface area contributed by atoms with Crippen molar-refractivity contribution in [1.29, 1.82) is 5.53 Å². The van der Waals surface area contributed by atoms with Gasteiger partial charge < -0.3 is 25.3 Å². The molecule has 1 saturated carbocycles. The third-order valence-electron chi connectivity index (χ3n) is 6.31. The Morgan fingerprint density at radius 2 is 2.16 bits per heavy atom. The van der Waals surface area contributed by atoms with Crippen molar-refractivity contribution in [3.05, 3.63) is 70.5 Å². The number of likely N-dealkylation sites (N-methyl/N-ethyl adjacent to an activating group) is 1. The summed E-state index contributed by atoms with van der Waals surface area (Å²) in [7, 11) is 1.70. The van der Waals surface area contributed by atoms with Crippen molar-refractivity contribution in [1.82, 2.24) is 15.1 Å². The number of carbonyl (C=O) groups is 1. The van der Waals surface area contributed by atoms with Crippen molar-refractivity contribution in [3.8, 4) is 0 Å². The molecule has 0 radical (unpaired) electrons. The Kier molecular flexibility index (Phi) is 5.26. The molecular formula is C21H23F2N5O3. The molecule has 1 unspecified atom stereocenters. The van der Waals surface area contributed by atoms with Crippen LogP contribution in [-0.4, -0.2) is 51.2 Å². The largest absolute Gasteiger partial charge is 0.507 e. The van der Waals surface area contributed by atoms with Gasteiger partial charge in [-0.2, -0.15) is 5.11 Å². The predicted octanol–water partition coefficient (Wildman–Crippen LogP) is 2.65. The molecular weight excluding hydrogens is 408 g/mol. The average Bonchev–Trinajstić information content (AvgIpc) is 2.71. The third kappa shape index (κ3) is 3.46. The molecule has 0 aromatic heterocycles. The van der Waals surface area contributed by atoms with Crippen LogP contribution in [0.4, 0.5) is 8.78 Å². The number of amides is 1. The summed E-state index contributed by atoms with van der Waals surface area (Å²) in [5.74, 6) is -2.26. The van der Waals surface area contributed by atoms with E-state index in [2.05, 4.69) is 10.4 Å². The molecule has 0 bridgehead atoms. The maximum Gasteiger partial charge on any atom is 0.274 e. The lowest BCUT2D eigenvalue weighted by atomic mass is 9.73. The highest BCUT2D eigenvalue weighted by molar-refractivity contribution is 5.95. The fraction of sp³-hybridized carbons (Fsp3) is 0.381. The van der Waals surface area contributed by atoms with Crippen LogP contribution < -0.4 is 5.32 Å². The Morgan fingerprint density at radius 3 is 2.77 bits per heavy atom. The van der Waals surface area contributed by atoms with E-state index in [1.54, 1.807) is 16.8 Å². The van der Waals surface area contributed by atoms with E-state index in [0.29, 0.717) is 6.54 Å². The lowest BCUT2D eigenvalue weighted by Crippen LogP contribution is -2.65. The molecule has 8 nitrogen and oxygen atoms in total. The standard InChI is InChI=1S/C21H23F2N5O3/c1-27-20(31)17-19(30)18(29)14(10-28(17)11-21(27)5-2-6-21)16(26-24)9-25-8-12-3-4-13(22)7-15(12)23/h3-4,7,9-10,18,24-25,29-30H,2,5-6,8,11H2,1H3/b16-9-,26-24?. The number of carbonyl (C=O) groups excluding carboxylic acids is 1. The van der Waals surface area contributed by atoms with Crippen molar-refractivity contribution in [3.63, 3.8) is 0 Å². The highest BCUT2D eigenvalue weighted by Crippen LogP contribution is 2.44. The highest BCUT2D eigenvalue weighted by Gasteiger charge is 2.51. The first kappa shape index (κ1) is 21.0. The second kappa shape index (κ2) is 7.77. The summed E-state index contributed by atoms with van der Waals surface area (Å²) in [4.78, 5) is 16.1. The molecule has 2 aliphatic heterocycles. The van der Waals surface area contributed by atoms with Gasteiger partial charge in [0.1, 0.15) is 29.1 Å². The van der Waals surface area contributed by atoms with Crippen LogP contribution in [-0.2, 0) is 11.3 Å². The van der Waals surface area contributed by atoms with Gasteiger partial charge in [-0.25, -0.2) is 14.3 Å². The minimum Gasteiger partial charge on any atom is -0.507 e. The second-order valence-corrected chi connectivity index (χ2v) is 8.05. The molecule has 1 aliphatic carbocycles. The van der Waals surface area contributed by atoms with Crippen LogP contribution >= 0.6 is 0 Å². The first-order chi connectivity index (χ1) is 14.8. The van der Waals surface area contributed by atoms with Crippen LogP contribution in [0.3, 0.4) is 0 Å². The summed E-state index contributed by atoms with van der Waals surface area (Å²) >= 11 is 0. The van der Waals surface area contributed by atoms with Gasteiger partial charge in [-0.05, 0) is 25.3 Å². The Labute approximate surface area is 177 Å². The lowest BCUT2D eigenvalue weighted by Gasteiger charge is -2.55. The summed E-state index contributed by atoms with van der Waals surface area (Å²) in [6.45, 7) is 0.460. The number of nitrogens with one attached hydrogen (secondary N) is 2. The normalized spacial score (nSPS) is 22.8. The minimum atomic E-state index is -1.54. The Balaban J connectivity index is 1.58. The van der Waals surface area contributed by atoms with Gasteiger partial charge in [0.05, 0.1) is 5.54 Å². The number of aliphatic hydroxyl groups is 2. The van der Waals surface area contributed by atoms with Crippen LogP contribution in [0, 0.1) is 17.2 Å². The number of hydrogen-bond donors (Lipinski definition) is 4. The number of fused-ring (bicyclic) bond motifs is 1. The van der Waals surface area contributed by atoms with Crippen LogP contribution in [0.1, 0.15) is 24.8 Å². The first-order valence-electron chi connectivity index (χ1n) is 9.90. The molecule has 1 atom stereocenters. The van der Waals surface area contributed by atoms with Crippen LogP contribution in [0.2, 0.25) is 0 Å². The molecule has 10 heteroatoms. The van der Waals surface area contributed by atoms with Gasteiger partial charge in [-0.15, -0.1) is 0 Å². The molecule has 1 amide bonds. The number of halogens is 2. The zero-order valence-electron chi connectivity index (χ0n) is 16.9. The third-order valence-corrected chi connectivity index (χ3v) is 6.31. The van der Waals surface area contributed by atoms with Gasteiger partial charge in [-0.3, -0.25) is 4.79 Å². The maximum absolute atomic E-state index is 13.8. The minimum absolute atomic E-state index is 0.00230. The quantitative estimate of drug-likeness (QED) is 0.536. The molecule has 4 N–H and O–H groups in total. The van der Waals surface area contributed by atoms with Crippen molar-refractivity contribution in [2.75, 3.05) is 13.6 Å². The predicted molar refractivity (Wildman–Crippen MR) is 106 cm³/mol. The number of aliphatic hydroxyl groups excluding tert-OH is 2. The molecule has 31 heavy (non-hydrogen) atoms. The molecule has 1 aromatic rings. The smallest absolute Gasteiger partial charge is 0.274 e. The lowest BCUT2D eigenvalue weighted by molar-refractivity contribution is -0.143. The topological polar surface area (TPSA) is 112 Å². The summed E-state index contributed by atoms with van der Waals surface area (Å²) in [5, 5.41) is 27.4. The fourth-order valence-electron chi connectivity index (χ4n) is 4.27. The van der Waals surface area contributed by atoms with E-state index >= 15 is 0 Å². The summed E-state index contributed by atoms with van der Waals surface area (Å²) in [6.07, 6.45) is 3.99. The van der Waals surface area contributed by atoms with E-state index in [-0.39, 0.29) is 40.5 Å². The Morgan fingerprint density at radius 1 is 1.42 bits per heavy atom. The first-order valence-corrected chi connectivity index (χ1v) is 9.90. The van der Waals surface area contributed by atoms with E-state index in [9.17, 15) is 23.8 Å². The summed E-state index contributed by atoms with van der Waals surface area (Å²) < 4.78 is 26.8. The summed E-state index contributed by atoms with van der Waals surface area (Å²) in [6, 6.07) is 3.21. The molecule has 164 valence electrons. The number of piperazine rings is 1. The van der Waals surface area contributed by atoms with Gasteiger partial charge in [-0.1, -0.05) is 6.07 Å². The number of rotatable bonds is 5. The van der Waals surface area contributed by atoms with E-state index in [4.69, 9.17) is 5.53 Å². The Hall–Kier alpha value is -3.27. The van der Waals surface area contributed by atoms with E-state index in [0.717, 1.165) is 31.4 Å². The van der Waals surface area contributed by atoms with Crippen molar-refractivity contribution in [2.45, 2.75) is 37.5 Å². The number of nitrogens with zero attached hydrogens (tertiary/aromatic N) is 3. The molecule has 3 aliphatic rings. The zero-order valence-corrected chi connectivity index (χ0v) is 16.9.